The lowest BCUT2D eigenvalue weighted by atomic mass is 9.52. The maximum atomic E-state index is 11.1. The van der Waals surface area contributed by atoms with E-state index in [1.165, 1.54) is 19.3 Å². The molecule has 0 aliphatic heterocycles. The summed E-state index contributed by atoms with van der Waals surface area (Å²) in [5, 5.41) is 21.5. The van der Waals surface area contributed by atoms with Crippen molar-refractivity contribution in [2.75, 3.05) is 0 Å². The second-order valence-corrected chi connectivity index (χ2v) is 9.34. The highest BCUT2D eigenvalue weighted by Gasteiger charge is 2.60. The van der Waals surface area contributed by atoms with Gasteiger partial charge in [0, 0.05) is 5.41 Å². The van der Waals surface area contributed by atoms with Crippen LogP contribution in [-0.2, 0) is 0 Å². The first-order valence-corrected chi connectivity index (χ1v) is 9.59. The Morgan fingerprint density at radius 2 is 1.83 bits per heavy atom. The zero-order chi connectivity index (χ0) is 16.5. The summed E-state index contributed by atoms with van der Waals surface area (Å²) >= 11 is 0. The number of allylic oxidation sites excluding steroid dienone is 1. The molecule has 0 aromatic carbocycles. The molecule has 6 atom stereocenters. The fourth-order valence-corrected chi connectivity index (χ4v) is 6.79. The van der Waals surface area contributed by atoms with Crippen molar-refractivity contribution in [3.63, 3.8) is 0 Å². The Labute approximate surface area is 140 Å². The van der Waals surface area contributed by atoms with Gasteiger partial charge in [0.15, 0.2) is 0 Å². The van der Waals surface area contributed by atoms with Crippen LogP contribution in [0.15, 0.2) is 23.8 Å². The molecular weight excluding hydrogens is 284 g/mol. The summed E-state index contributed by atoms with van der Waals surface area (Å²) in [7, 11) is 0. The average Bonchev–Trinajstić information content (AvgIpc) is 2.78. The lowest BCUT2D eigenvalue weighted by Gasteiger charge is -2.54. The normalized spacial score (nSPS) is 52.6. The fourth-order valence-electron chi connectivity index (χ4n) is 6.79. The minimum absolute atomic E-state index is 0.0220. The first-order valence-electron chi connectivity index (χ1n) is 9.59. The van der Waals surface area contributed by atoms with Gasteiger partial charge < -0.3 is 10.2 Å². The van der Waals surface area contributed by atoms with Crippen molar-refractivity contribution in [2.45, 2.75) is 82.8 Å². The van der Waals surface area contributed by atoms with E-state index in [0.717, 1.165) is 50.4 Å². The van der Waals surface area contributed by atoms with E-state index in [-0.39, 0.29) is 5.41 Å². The van der Waals surface area contributed by atoms with Crippen LogP contribution in [0, 0.1) is 23.2 Å². The van der Waals surface area contributed by atoms with Crippen molar-refractivity contribution in [3.8, 4) is 0 Å². The lowest BCUT2D eigenvalue weighted by Crippen LogP contribution is -2.50. The van der Waals surface area contributed by atoms with Crippen molar-refractivity contribution in [2.24, 2.45) is 23.2 Å². The Morgan fingerprint density at radius 3 is 2.57 bits per heavy atom. The molecule has 2 heteroatoms. The predicted octanol–water partition coefficient (Wildman–Crippen LogP) is 4.37. The van der Waals surface area contributed by atoms with E-state index in [1.54, 1.807) is 11.1 Å². The molecule has 2 N–H and O–H groups in total. The van der Waals surface area contributed by atoms with Crippen LogP contribution in [0.25, 0.3) is 0 Å². The first-order chi connectivity index (χ1) is 10.8. The second kappa shape index (κ2) is 4.95. The highest BCUT2D eigenvalue weighted by atomic mass is 16.3. The SMILES string of the molecule is C=C[C@]1(O)CCC2C3CCC4=C(CCC(C)(O)C4)C3CCC21C. The summed E-state index contributed by atoms with van der Waals surface area (Å²) in [5.41, 5.74) is 2.15. The van der Waals surface area contributed by atoms with E-state index in [9.17, 15) is 10.2 Å². The van der Waals surface area contributed by atoms with Crippen LogP contribution >= 0.6 is 0 Å². The molecule has 0 heterocycles. The third-order valence-electron chi connectivity index (χ3n) is 8.20. The van der Waals surface area contributed by atoms with Gasteiger partial charge in [-0.1, -0.05) is 24.1 Å². The van der Waals surface area contributed by atoms with Crippen LogP contribution in [0.2, 0.25) is 0 Å². The van der Waals surface area contributed by atoms with E-state index in [0.29, 0.717) is 5.92 Å². The van der Waals surface area contributed by atoms with Crippen molar-refractivity contribution < 1.29 is 10.2 Å². The van der Waals surface area contributed by atoms with Crippen molar-refractivity contribution >= 4 is 0 Å². The summed E-state index contributed by atoms with van der Waals surface area (Å²) in [5.74, 6) is 2.10. The summed E-state index contributed by atoms with van der Waals surface area (Å²) in [4.78, 5) is 0. The van der Waals surface area contributed by atoms with Gasteiger partial charge in [-0.3, -0.25) is 0 Å². The smallest absolute Gasteiger partial charge is 0.0881 e. The third-order valence-corrected chi connectivity index (χ3v) is 8.20. The molecule has 2 saturated carbocycles. The molecule has 23 heavy (non-hydrogen) atoms. The summed E-state index contributed by atoms with van der Waals surface area (Å²) < 4.78 is 0. The molecule has 0 bridgehead atoms. The Kier molecular flexibility index (Phi) is 3.42. The van der Waals surface area contributed by atoms with E-state index >= 15 is 0 Å². The van der Waals surface area contributed by atoms with Crippen LogP contribution in [0.5, 0.6) is 0 Å². The zero-order valence-electron chi connectivity index (χ0n) is 14.8. The minimum Gasteiger partial charge on any atom is -0.390 e. The van der Waals surface area contributed by atoms with Gasteiger partial charge in [0.1, 0.15) is 0 Å². The lowest BCUT2D eigenvalue weighted by molar-refractivity contribution is -0.0779. The molecule has 0 radical (unpaired) electrons. The number of hydrogen-bond acceptors (Lipinski definition) is 2. The molecule has 0 amide bonds. The summed E-state index contributed by atoms with van der Waals surface area (Å²) in [6.07, 6.45) is 11.6. The van der Waals surface area contributed by atoms with Crippen LogP contribution in [-0.4, -0.2) is 21.4 Å². The van der Waals surface area contributed by atoms with Gasteiger partial charge in [-0.15, -0.1) is 6.58 Å². The van der Waals surface area contributed by atoms with Gasteiger partial charge >= 0.3 is 0 Å². The van der Waals surface area contributed by atoms with Gasteiger partial charge in [-0.2, -0.15) is 0 Å². The maximum Gasteiger partial charge on any atom is 0.0881 e. The molecule has 4 aliphatic rings. The number of aliphatic hydroxyl groups is 2. The first kappa shape index (κ1) is 15.9. The zero-order valence-corrected chi connectivity index (χ0v) is 14.8. The molecule has 0 saturated heterocycles. The van der Waals surface area contributed by atoms with Crippen molar-refractivity contribution in [3.05, 3.63) is 23.8 Å². The van der Waals surface area contributed by atoms with E-state index in [4.69, 9.17) is 0 Å². The number of hydrogen-bond donors (Lipinski definition) is 2. The molecule has 4 aliphatic carbocycles. The van der Waals surface area contributed by atoms with E-state index in [2.05, 4.69) is 13.5 Å². The Bertz CT molecular complexity index is 560. The third kappa shape index (κ3) is 2.14. The van der Waals surface area contributed by atoms with Crippen LogP contribution in [0.3, 0.4) is 0 Å². The van der Waals surface area contributed by atoms with Crippen LogP contribution in [0.1, 0.15) is 71.6 Å². The Balaban J connectivity index is 1.65. The molecule has 4 rings (SSSR count). The highest BCUT2D eigenvalue weighted by Crippen LogP contribution is 2.64. The summed E-state index contributed by atoms with van der Waals surface area (Å²) in [6.45, 7) is 8.27. The van der Waals surface area contributed by atoms with Gasteiger partial charge in [0.25, 0.3) is 0 Å². The largest absolute Gasteiger partial charge is 0.390 e. The highest BCUT2D eigenvalue weighted by molar-refractivity contribution is 5.29. The predicted molar refractivity (Wildman–Crippen MR) is 92.9 cm³/mol. The molecule has 128 valence electrons. The molecule has 0 aromatic heterocycles. The molecule has 0 aromatic rings. The number of rotatable bonds is 1. The fraction of sp³-hybridized carbons (Fsp3) is 0.810. The van der Waals surface area contributed by atoms with Gasteiger partial charge in [-0.25, -0.2) is 0 Å². The summed E-state index contributed by atoms with van der Waals surface area (Å²) in [6, 6.07) is 0. The van der Waals surface area contributed by atoms with E-state index in [1.807, 2.05) is 13.0 Å². The molecule has 5 unspecified atom stereocenters. The molecular formula is C21H32O2. The monoisotopic (exact) mass is 316 g/mol. The molecule has 2 nitrogen and oxygen atoms in total. The Morgan fingerprint density at radius 1 is 1.04 bits per heavy atom. The standard InChI is InChI=1S/C21H32O2/c1-4-21(23)12-9-18-17-6-5-14-13-19(2,22)10-7-15(14)16(17)8-11-20(18,21)3/h4,16-18,22-23H,1,5-13H2,2-3H3/t16?,17?,18?,19?,20?,21-/m0/s1. The molecule has 0 spiro atoms. The number of fused-ring (bicyclic) bond motifs is 4. The topological polar surface area (TPSA) is 40.5 Å². The molecule has 2 fully saturated rings. The second-order valence-electron chi connectivity index (χ2n) is 9.34. The van der Waals surface area contributed by atoms with Crippen LogP contribution < -0.4 is 0 Å². The van der Waals surface area contributed by atoms with Gasteiger partial charge in [-0.05, 0) is 82.5 Å². The van der Waals surface area contributed by atoms with Crippen molar-refractivity contribution in [1.82, 2.24) is 0 Å². The van der Waals surface area contributed by atoms with Crippen molar-refractivity contribution in [1.29, 1.82) is 0 Å². The maximum absolute atomic E-state index is 11.1. The quantitative estimate of drug-likeness (QED) is 0.705. The minimum atomic E-state index is -0.659. The van der Waals surface area contributed by atoms with Crippen LogP contribution in [0.4, 0.5) is 0 Å². The van der Waals surface area contributed by atoms with Gasteiger partial charge in [0.2, 0.25) is 0 Å². The van der Waals surface area contributed by atoms with E-state index < -0.39 is 11.2 Å². The van der Waals surface area contributed by atoms with Gasteiger partial charge in [0.05, 0.1) is 11.2 Å². The average molecular weight is 316 g/mol. The Hall–Kier alpha value is -0.600.